The minimum Gasteiger partial charge on any atom is -0.237 e. The highest BCUT2D eigenvalue weighted by atomic mass is 14.9. The van der Waals surface area contributed by atoms with Crippen LogP contribution < -0.4 is 0 Å². The van der Waals surface area contributed by atoms with E-state index in [-0.39, 0.29) is 5.41 Å². The molecule has 0 atom stereocenters. The molecule has 0 radical (unpaired) electrons. The Balaban J connectivity index is 2.60. The van der Waals surface area contributed by atoms with E-state index in [4.69, 9.17) is 0 Å². The molecule has 0 aliphatic rings. The zero-order chi connectivity index (χ0) is 13.3. The molecule has 1 heterocycles. The van der Waals surface area contributed by atoms with Gasteiger partial charge >= 0.3 is 0 Å². The van der Waals surface area contributed by atoms with Crippen LogP contribution >= 0.6 is 0 Å². The molecule has 0 aliphatic heterocycles. The van der Waals surface area contributed by atoms with Crippen molar-refractivity contribution in [1.82, 2.24) is 9.97 Å². The molecule has 0 fully saturated rings. The van der Waals surface area contributed by atoms with Crippen molar-refractivity contribution in [2.75, 3.05) is 0 Å². The molecule has 0 unspecified atom stereocenters. The lowest BCUT2D eigenvalue weighted by atomic mass is 9.82. The molecule has 18 heavy (non-hydrogen) atoms. The summed E-state index contributed by atoms with van der Waals surface area (Å²) in [5, 5.41) is 0. The minimum absolute atomic E-state index is 0.143. The van der Waals surface area contributed by atoms with E-state index >= 15 is 0 Å². The first kappa shape index (κ1) is 12.7. The summed E-state index contributed by atoms with van der Waals surface area (Å²) in [5.41, 5.74) is 4.90. The highest BCUT2D eigenvalue weighted by Gasteiger charge is 2.18. The summed E-state index contributed by atoms with van der Waals surface area (Å²) in [7, 11) is 0. The van der Waals surface area contributed by atoms with Gasteiger partial charge in [0, 0.05) is 17.5 Å². The van der Waals surface area contributed by atoms with E-state index in [1.165, 1.54) is 11.1 Å². The fourth-order valence-electron chi connectivity index (χ4n) is 2.27. The maximum Gasteiger partial charge on any atom is 0.159 e. The topological polar surface area (TPSA) is 25.8 Å². The summed E-state index contributed by atoms with van der Waals surface area (Å²) >= 11 is 0. The molecule has 0 amide bonds. The Morgan fingerprint density at radius 3 is 2.33 bits per heavy atom. The van der Waals surface area contributed by atoms with Crippen LogP contribution in [0, 0.1) is 13.8 Å². The first-order chi connectivity index (χ1) is 8.39. The Bertz CT molecular complexity index is 566. The number of rotatable bonds is 1. The van der Waals surface area contributed by atoms with E-state index in [0.29, 0.717) is 0 Å². The second-order valence-corrected chi connectivity index (χ2v) is 5.75. The van der Waals surface area contributed by atoms with Gasteiger partial charge in [0.25, 0.3) is 0 Å². The van der Waals surface area contributed by atoms with E-state index in [2.05, 4.69) is 55.9 Å². The summed E-state index contributed by atoms with van der Waals surface area (Å²) in [6.45, 7) is 10.8. The summed E-state index contributed by atoms with van der Waals surface area (Å²) in [5.74, 6) is 0.818. The second kappa shape index (κ2) is 4.52. The van der Waals surface area contributed by atoms with E-state index in [1.54, 1.807) is 0 Å². The van der Waals surface area contributed by atoms with Gasteiger partial charge in [0.15, 0.2) is 5.82 Å². The van der Waals surface area contributed by atoms with E-state index < -0.39 is 0 Å². The monoisotopic (exact) mass is 240 g/mol. The van der Waals surface area contributed by atoms with Crippen molar-refractivity contribution in [1.29, 1.82) is 0 Å². The predicted molar refractivity (Wildman–Crippen MR) is 75.6 cm³/mol. The van der Waals surface area contributed by atoms with Crippen LogP contribution in [0.5, 0.6) is 0 Å². The molecular formula is C16H20N2. The SMILES string of the molecule is Cc1ccnc(-c2cccc(C(C)(C)C)c2C)n1. The van der Waals surface area contributed by atoms with Gasteiger partial charge in [0.1, 0.15) is 0 Å². The van der Waals surface area contributed by atoms with Crippen LogP contribution in [0.25, 0.3) is 11.4 Å². The second-order valence-electron chi connectivity index (χ2n) is 5.75. The lowest BCUT2D eigenvalue weighted by Gasteiger charge is -2.23. The van der Waals surface area contributed by atoms with Crippen molar-refractivity contribution in [3.8, 4) is 11.4 Å². The van der Waals surface area contributed by atoms with Crippen LogP contribution in [0.15, 0.2) is 30.5 Å². The van der Waals surface area contributed by atoms with Crippen molar-refractivity contribution in [3.63, 3.8) is 0 Å². The molecule has 0 bridgehead atoms. The minimum atomic E-state index is 0.143. The van der Waals surface area contributed by atoms with E-state index in [0.717, 1.165) is 17.1 Å². The molecule has 2 rings (SSSR count). The average molecular weight is 240 g/mol. The Hall–Kier alpha value is -1.70. The van der Waals surface area contributed by atoms with Crippen molar-refractivity contribution >= 4 is 0 Å². The molecule has 0 spiro atoms. The zero-order valence-electron chi connectivity index (χ0n) is 11.8. The third-order valence-corrected chi connectivity index (χ3v) is 3.18. The van der Waals surface area contributed by atoms with E-state index in [1.807, 2.05) is 19.2 Å². The summed E-state index contributed by atoms with van der Waals surface area (Å²) in [4.78, 5) is 8.90. The normalized spacial score (nSPS) is 11.6. The van der Waals surface area contributed by atoms with E-state index in [9.17, 15) is 0 Å². The lowest BCUT2D eigenvalue weighted by Crippen LogP contribution is -2.13. The maximum absolute atomic E-state index is 4.52. The largest absolute Gasteiger partial charge is 0.237 e. The molecule has 2 nitrogen and oxygen atoms in total. The number of aromatic nitrogens is 2. The van der Waals surface area contributed by atoms with Gasteiger partial charge in [0.05, 0.1) is 0 Å². The summed E-state index contributed by atoms with van der Waals surface area (Å²) in [6, 6.07) is 8.30. The Kier molecular flexibility index (Phi) is 3.20. The smallest absolute Gasteiger partial charge is 0.159 e. The van der Waals surface area contributed by atoms with Crippen LogP contribution in [0.2, 0.25) is 0 Å². The Morgan fingerprint density at radius 2 is 1.72 bits per heavy atom. The first-order valence-corrected chi connectivity index (χ1v) is 6.30. The zero-order valence-corrected chi connectivity index (χ0v) is 11.8. The van der Waals surface area contributed by atoms with Crippen molar-refractivity contribution in [2.24, 2.45) is 0 Å². The predicted octanol–water partition coefficient (Wildman–Crippen LogP) is 4.06. The molecular weight excluding hydrogens is 220 g/mol. The van der Waals surface area contributed by atoms with Gasteiger partial charge in [-0.2, -0.15) is 0 Å². The molecule has 1 aromatic heterocycles. The standard InChI is InChI=1S/C16H20N2/c1-11-9-10-17-15(18-11)13-7-6-8-14(12(13)2)16(3,4)5/h6-10H,1-5H3. The van der Waals surface area contributed by atoms with Gasteiger partial charge in [-0.15, -0.1) is 0 Å². The Labute approximate surface area is 109 Å². The van der Waals surface area contributed by atoms with Crippen molar-refractivity contribution in [2.45, 2.75) is 40.0 Å². The van der Waals surface area contributed by atoms with Gasteiger partial charge in [-0.3, -0.25) is 0 Å². The van der Waals surface area contributed by atoms with Crippen LogP contribution in [0.1, 0.15) is 37.6 Å². The molecule has 0 saturated heterocycles. The van der Waals surface area contributed by atoms with Crippen molar-refractivity contribution < 1.29 is 0 Å². The fraction of sp³-hybridized carbons (Fsp3) is 0.375. The van der Waals surface area contributed by atoms with Crippen LogP contribution in [0.4, 0.5) is 0 Å². The van der Waals surface area contributed by atoms with Crippen molar-refractivity contribution in [3.05, 3.63) is 47.3 Å². The Morgan fingerprint density at radius 1 is 1.00 bits per heavy atom. The van der Waals surface area contributed by atoms with Gasteiger partial charge < -0.3 is 0 Å². The molecule has 2 heteroatoms. The van der Waals surface area contributed by atoms with Crippen LogP contribution in [0.3, 0.4) is 0 Å². The van der Waals surface area contributed by atoms with Gasteiger partial charge in [0.2, 0.25) is 0 Å². The molecule has 0 N–H and O–H groups in total. The number of nitrogens with zero attached hydrogens (tertiary/aromatic N) is 2. The van der Waals surface area contributed by atoms with Crippen LogP contribution in [-0.4, -0.2) is 9.97 Å². The lowest BCUT2D eigenvalue weighted by molar-refractivity contribution is 0.586. The number of hydrogen-bond acceptors (Lipinski definition) is 2. The van der Waals surface area contributed by atoms with Gasteiger partial charge in [-0.05, 0) is 36.5 Å². The number of benzene rings is 1. The van der Waals surface area contributed by atoms with Gasteiger partial charge in [-0.25, -0.2) is 9.97 Å². The number of aryl methyl sites for hydroxylation is 1. The third-order valence-electron chi connectivity index (χ3n) is 3.18. The molecule has 2 aromatic rings. The summed E-state index contributed by atoms with van der Waals surface area (Å²) < 4.78 is 0. The third kappa shape index (κ3) is 2.42. The highest BCUT2D eigenvalue weighted by molar-refractivity contribution is 5.62. The number of hydrogen-bond donors (Lipinski definition) is 0. The molecule has 94 valence electrons. The fourth-order valence-corrected chi connectivity index (χ4v) is 2.27. The highest BCUT2D eigenvalue weighted by Crippen LogP contribution is 2.30. The quantitative estimate of drug-likeness (QED) is 0.751. The molecule has 1 aromatic carbocycles. The van der Waals surface area contributed by atoms with Crippen LogP contribution in [-0.2, 0) is 5.41 Å². The summed E-state index contributed by atoms with van der Waals surface area (Å²) in [6.07, 6.45) is 1.82. The first-order valence-electron chi connectivity index (χ1n) is 6.30. The average Bonchev–Trinajstić information content (AvgIpc) is 2.27. The molecule has 0 saturated carbocycles. The molecule has 0 aliphatic carbocycles. The van der Waals surface area contributed by atoms with Gasteiger partial charge in [-0.1, -0.05) is 39.0 Å². The maximum atomic E-state index is 4.52.